The first-order valence-electron chi connectivity index (χ1n) is 13.8. The number of nitrogens with one attached hydrogen (secondary N) is 1. The molecule has 3 aromatic heterocycles. The molecule has 1 fully saturated rings. The molecule has 1 saturated heterocycles. The SMILES string of the molecule is COc1cccc(N2CCN(C(=O)c3cc4c(Cl)cc(C5=CCCN(C(=O)CCn6ccnn6)C5)c(F)c4[nH]3)CC2)n1. The van der Waals surface area contributed by atoms with Gasteiger partial charge in [-0.15, -0.1) is 5.10 Å². The number of hydrogen-bond acceptors (Lipinski definition) is 7. The van der Waals surface area contributed by atoms with E-state index < -0.39 is 5.82 Å². The summed E-state index contributed by atoms with van der Waals surface area (Å²) in [6, 6.07) is 8.78. The minimum Gasteiger partial charge on any atom is -0.481 e. The van der Waals surface area contributed by atoms with Crippen LogP contribution < -0.4 is 9.64 Å². The Morgan fingerprint density at radius 3 is 2.71 bits per heavy atom. The second kappa shape index (κ2) is 11.8. The lowest BCUT2D eigenvalue weighted by Crippen LogP contribution is -2.49. The predicted octanol–water partition coefficient (Wildman–Crippen LogP) is 3.62. The Morgan fingerprint density at radius 1 is 1.12 bits per heavy atom. The van der Waals surface area contributed by atoms with Crippen molar-refractivity contribution < 1.29 is 18.7 Å². The summed E-state index contributed by atoms with van der Waals surface area (Å²) >= 11 is 6.62. The molecule has 1 aromatic carbocycles. The van der Waals surface area contributed by atoms with E-state index in [1.165, 1.54) is 0 Å². The van der Waals surface area contributed by atoms with Crippen molar-refractivity contribution in [1.29, 1.82) is 0 Å². The molecule has 2 amide bonds. The number of rotatable bonds is 7. The van der Waals surface area contributed by atoms with Gasteiger partial charge in [-0.1, -0.05) is 29.0 Å². The van der Waals surface area contributed by atoms with Gasteiger partial charge in [0, 0.05) is 68.9 Å². The zero-order chi connectivity index (χ0) is 29.2. The number of H-pyrrole nitrogens is 1. The molecule has 11 nitrogen and oxygen atoms in total. The molecule has 2 aliphatic rings. The van der Waals surface area contributed by atoms with Gasteiger partial charge < -0.3 is 24.4 Å². The zero-order valence-corrected chi connectivity index (χ0v) is 23.8. The number of aryl methyl sites for hydroxylation is 1. The molecule has 0 radical (unpaired) electrons. The average Bonchev–Trinajstić information content (AvgIpc) is 3.73. The van der Waals surface area contributed by atoms with Crippen molar-refractivity contribution >= 4 is 45.7 Å². The maximum absolute atomic E-state index is 15.9. The number of benzene rings is 1. The van der Waals surface area contributed by atoms with Gasteiger partial charge in [0.25, 0.3) is 5.91 Å². The highest BCUT2D eigenvalue weighted by atomic mass is 35.5. The van der Waals surface area contributed by atoms with Crippen molar-refractivity contribution in [3.05, 3.63) is 70.9 Å². The Balaban J connectivity index is 1.15. The van der Waals surface area contributed by atoms with Crippen molar-refractivity contribution in [1.82, 2.24) is 34.8 Å². The van der Waals surface area contributed by atoms with Gasteiger partial charge in [0.2, 0.25) is 11.8 Å². The number of carbonyl (C=O) groups is 2. The third-order valence-corrected chi connectivity index (χ3v) is 8.03. The fourth-order valence-electron chi connectivity index (χ4n) is 5.44. The normalized spacial score (nSPS) is 15.7. The number of hydrogen-bond donors (Lipinski definition) is 1. The van der Waals surface area contributed by atoms with Gasteiger partial charge in [-0.05, 0) is 30.2 Å². The number of anilines is 1. The molecule has 1 N–H and O–H groups in total. The molecule has 5 heterocycles. The number of halogens is 2. The van der Waals surface area contributed by atoms with Crippen LogP contribution in [-0.4, -0.2) is 93.0 Å². The van der Waals surface area contributed by atoms with Gasteiger partial charge in [0.15, 0.2) is 5.82 Å². The van der Waals surface area contributed by atoms with Gasteiger partial charge in [-0.3, -0.25) is 14.3 Å². The van der Waals surface area contributed by atoms with Crippen LogP contribution in [0.4, 0.5) is 10.2 Å². The van der Waals surface area contributed by atoms with E-state index in [0.717, 1.165) is 5.82 Å². The average molecular weight is 593 g/mol. The molecular formula is C29H30ClFN8O3. The summed E-state index contributed by atoms with van der Waals surface area (Å²) in [7, 11) is 1.58. The number of ether oxygens (including phenoxy) is 1. The summed E-state index contributed by atoms with van der Waals surface area (Å²) in [6.07, 6.45) is 6.08. The number of methoxy groups -OCH3 is 1. The second-order valence-corrected chi connectivity index (χ2v) is 10.7. The Hall–Kier alpha value is -4.45. The molecule has 218 valence electrons. The molecule has 0 atom stereocenters. The second-order valence-electron chi connectivity index (χ2n) is 10.3. The number of piperazine rings is 1. The topological polar surface area (TPSA) is 112 Å². The molecule has 42 heavy (non-hydrogen) atoms. The Morgan fingerprint density at radius 2 is 1.95 bits per heavy atom. The molecule has 2 aliphatic heterocycles. The summed E-state index contributed by atoms with van der Waals surface area (Å²) in [5.41, 5.74) is 1.46. The Bertz CT molecular complexity index is 1650. The predicted molar refractivity (Wildman–Crippen MR) is 156 cm³/mol. The molecule has 0 saturated carbocycles. The van der Waals surface area contributed by atoms with E-state index in [0.29, 0.717) is 73.1 Å². The van der Waals surface area contributed by atoms with Gasteiger partial charge >= 0.3 is 0 Å². The van der Waals surface area contributed by atoms with Crippen LogP contribution in [0.2, 0.25) is 5.02 Å². The van der Waals surface area contributed by atoms with Gasteiger partial charge in [0.1, 0.15) is 11.5 Å². The van der Waals surface area contributed by atoms with Gasteiger partial charge in [-0.2, -0.15) is 4.98 Å². The van der Waals surface area contributed by atoms with Crippen LogP contribution >= 0.6 is 11.6 Å². The zero-order valence-electron chi connectivity index (χ0n) is 23.1. The van der Waals surface area contributed by atoms with Crippen LogP contribution in [0.5, 0.6) is 5.88 Å². The molecule has 0 unspecified atom stereocenters. The lowest BCUT2D eigenvalue weighted by atomic mass is 9.99. The lowest BCUT2D eigenvalue weighted by Gasteiger charge is -2.35. The van der Waals surface area contributed by atoms with E-state index in [1.54, 1.807) is 52.2 Å². The van der Waals surface area contributed by atoms with E-state index in [9.17, 15) is 9.59 Å². The fraction of sp³-hybridized carbons (Fsp3) is 0.345. The minimum absolute atomic E-state index is 0.0429. The minimum atomic E-state index is -0.495. The molecule has 4 aromatic rings. The number of carbonyl (C=O) groups excluding carboxylic acids is 2. The maximum Gasteiger partial charge on any atom is 0.270 e. The third-order valence-electron chi connectivity index (χ3n) is 7.72. The van der Waals surface area contributed by atoms with Crippen LogP contribution in [0, 0.1) is 5.82 Å². The summed E-state index contributed by atoms with van der Waals surface area (Å²) < 4.78 is 22.7. The lowest BCUT2D eigenvalue weighted by molar-refractivity contribution is -0.131. The van der Waals surface area contributed by atoms with Crippen molar-refractivity contribution in [2.75, 3.05) is 51.3 Å². The number of nitrogens with zero attached hydrogens (tertiary/aromatic N) is 7. The highest BCUT2D eigenvalue weighted by Crippen LogP contribution is 2.34. The third kappa shape index (κ3) is 5.54. The van der Waals surface area contributed by atoms with Gasteiger partial charge in [0.05, 0.1) is 30.4 Å². The van der Waals surface area contributed by atoms with E-state index in [4.69, 9.17) is 16.3 Å². The Labute approximate surface area is 246 Å². The molecule has 6 rings (SSSR count). The van der Waals surface area contributed by atoms with Crippen LogP contribution in [0.1, 0.15) is 28.9 Å². The van der Waals surface area contributed by atoms with Crippen LogP contribution in [-0.2, 0) is 11.3 Å². The van der Waals surface area contributed by atoms with Crippen molar-refractivity contribution in [2.24, 2.45) is 0 Å². The summed E-state index contributed by atoms with van der Waals surface area (Å²) in [6.45, 7) is 3.44. The van der Waals surface area contributed by atoms with Crippen LogP contribution in [0.3, 0.4) is 0 Å². The van der Waals surface area contributed by atoms with Gasteiger partial charge in [-0.25, -0.2) is 4.39 Å². The van der Waals surface area contributed by atoms with Crippen molar-refractivity contribution in [3.63, 3.8) is 0 Å². The number of amides is 2. The monoisotopic (exact) mass is 592 g/mol. The summed E-state index contributed by atoms with van der Waals surface area (Å²) in [5, 5.41) is 8.43. The van der Waals surface area contributed by atoms with E-state index in [-0.39, 0.29) is 36.0 Å². The number of aromatic amines is 1. The van der Waals surface area contributed by atoms with E-state index in [2.05, 4.69) is 25.2 Å². The number of pyridine rings is 1. The van der Waals surface area contributed by atoms with Crippen molar-refractivity contribution in [2.45, 2.75) is 19.4 Å². The molecule has 0 aliphatic carbocycles. The molecule has 13 heteroatoms. The maximum atomic E-state index is 15.9. The smallest absolute Gasteiger partial charge is 0.270 e. The fourth-order valence-corrected chi connectivity index (χ4v) is 5.70. The summed E-state index contributed by atoms with van der Waals surface area (Å²) in [5.74, 6) is 0.571. The van der Waals surface area contributed by atoms with E-state index in [1.807, 2.05) is 18.2 Å². The first-order valence-corrected chi connectivity index (χ1v) is 14.2. The Kier molecular flexibility index (Phi) is 7.79. The largest absolute Gasteiger partial charge is 0.481 e. The first kappa shape index (κ1) is 27.7. The van der Waals surface area contributed by atoms with E-state index >= 15 is 4.39 Å². The quantitative estimate of drug-likeness (QED) is 0.349. The standard InChI is InChI=1S/C29H30ClFN8O3/c1-42-25-6-2-5-24(34-25)36-12-14-37(15-13-36)29(41)23-17-21-22(30)16-20(27(31)28(21)33-23)19-4-3-9-38(18-19)26(40)7-10-39-11-8-32-35-39/h2,4-6,8,11,16-17,33H,3,7,9-10,12-15,18H2,1H3. The molecule has 0 bridgehead atoms. The number of aromatic nitrogens is 5. The first-order chi connectivity index (χ1) is 20.4. The highest BCUT2D eigenvalue weighted by Gasteiger charge is 2.27. The summed E-state index contributed by atoms with van der Waals surface area (Å²) in [4.78, 5) is 39.3. The van der Waals surface area contributed by atoms with Crippen molar-refractivity contribution in [3.8, 4) is 5.88 Å². The van der Waals surface area contributed by atoms with Crippen LogP contribution in [0.15, 0.2) is 48.8 Å². The molecule has 0 spiro atoms. The molecular weight excluding hydrogens is 563 g/mol. The van der Waals surface area contributed by atoms with Crippen LogP contribution in [0.25, 0.3) is 16.5 Å². The highest BCUT2D eigenvalue weighted by molar-refractivity contribution is 6.36. The number of fused-ring (bicyclic) bond motifs is 1.